The van der Waals surface area contributed by atoms with Crippen molar-refractivity contribution in [1.82, 2.24) is 0 Å². The first-order chi connectivity index (χ1) is 10.3. The van der Waals surface area contributed by atoms with E-state index in [0.717, 1.165) is 31.0 Å². The SMILES string of the molecule is N#CB1CCC2(CC1)OCC(OCc1ccccc1)CO2. The molecule has 2 heterocycles. The molecule has 0 amide bonds. The fraction of sp³-hybridized carbons (Fsp3) is 0.562. The molecule has 0 radical (unpaired) electrons. The predicted octanol–water partition coefficient (Wildman–Crippen LogP) is 2.67. The van der Waals surface area contributed by atoms with Gasteiger partial charge in [0.2, 0.25) is 0 Å². The lowest BCUT2D eigenvalue weighted by atomic mass is 9.42. The van der Waals surface area contributed by atoms with Gasteiger partial charge in [0, 0.05) is 5.97 Å². The lowest BCUT2D eigenvalue weighted by Gasteiger charge is -2.42. The third-order valence-electron chi connectivity index (χ3n) is 4.32. The quantitative estimate of drug-likeness (QED) is 0.801. The summed E-state index contributed by atoms with van der Waals surface area (Å²) in [5.74, 6) is 1.88. The van der Waals surface area contributed by atoms with Crippen LogP contribution >= 0.6 is 0 Å². The Morgan fingerprint density at radius 1 is 1.19 bits per heavy atom. The zero-order chi connectivity index (χ0) is 14.5. The van der Waals surface area contributed by atoms with Gasteiger partial charge in [-0.25, -0.2) is 5.26 Å². The van der Waals surface area contributed by atoms with Gasteiger partial charge in [0.25, 0.3) is 6.71 Å². The number of hydrogen-bond acceptors (Lipinski definition) is 4. The lowest BCUT2D eigenvalue weighted by molar-refractivity contribution is -0.302. The monoisotopic (exact) mass is 285 g/mol. The van der Waals surface area contributed by atoms with Crippen LogP contribution in [-0.4, -0.2) is 31.8 Å². The summed E-state index contributed by atoms with van der Waals surface area (Å²) in [5, 5.41) is 8.95. The number of benzene rings is 1. The van der Waals surface area contributed by atoms with Crippen LogP contribution in [-0.2, 0) is 20.8 Å². The summed E-state index contributed by atoms with van der Waals surface area (Å²) in [5.41, 5.74) is 1.16. The van der Waals surface area contributed by atoms with Crippen LogP contribution in [0, 0.1) is 11.2 Å². The third kappa shape index (κ3) is 3.65. The highest BCUT2D eigenvalue weighted by Crippen LogP contribution is 2.36. The number of nitrogens with zero attached hydrogens (tertiary/aromatic N) is 1. The molecule has 21 heavy (non-hydrogen) atoms. The maximum Gasteiger partial charge on any atom is 0.268 e. The van der Waals surface area contributed by atoms with Crippen molar-refractivity contribution in [1.29, 1.82) is 5.26 Å². The highest BCUT2D eigenvalue weighted by molar-refractivity contribution is 6.67. The average molecular weight is 285 g/mol. The molecule has 0 saturated carbocycles. The molecular weight excluding hydrogens is 265 g/mol. The number of ether oxygens (including phenoxy) is 3. The van der Waals surface area contributed by atoms with Crippen molar-refractivity contribution < 1.29 is 14.2 Å². The summed E-state index contributed by atoms with van der Waals surface area (Å²) in [6, 6.07) is 10.1. The van der Waals surface area contributed by atoms with E-state index < -0.39 is 5.79 Å². The molecule has 0 N–H and O–H groups in total. The van der Waals surface area contributed by atoms with Gasteiger partial charge in [-0.3, -0.25) is 0 Å². The largest absolute Gasteiger partial charge is 0.369 e. The molecule has 1 aromatic rings. The zero-order valence-corrected chi connectivity index (χ0v) is 12.2. The Labute approximate surface area is 126 Å². The van der Waals surface area contributed by atoms with E-state index in [1.807, 2.05) is 18.2 Å². The van der Waals surface area contributed by atoms with Gasteiger partial charge in [0.05, 0.1) is 19.8 Å². The Morgan fingerprint density at radius 3 is 2.48 bits per heavy atom. The van der Waals surface area contributed by atoms with Crippen LogP contribution in [0.1, 0.15) is 18.4 Å². The highest BCUT2D eigenvalue weighted by atomic mass is 16.7. The first kappa shape index (κ1) is 14.6. The Kier molecular flexibility index (Phi) is 4.59. The summed E-state index contributed by atoms with van der Waals surface area (Å²) in [6.45, 7) is 1.89. The van der Waals surface area contributed by atoms with E-state index >= 15 is 0 Å². The van der Waals surface area contributed by atoms with Gasteiger partial charge in [-0.15, -0.1) is 0 Å². The van der Waals surface area contributed by atoms with Gasteiger partial charge >= 0.3 is 0 Å². The molecule has 0 bridgehead atoms. The fourth-order valence-corrected chi connectivity index (χ4v) is 2.94. The first-order valence-electron chi connectivity index (χ1n) is 7.63. The van der Waals surface area contributed by atoms with Gasteiger partial charge < -0.3 is 14.2 Å². The lowest BCUT2D eigenvalue weighted by Crippen LogP contribution is -2.49. The van der Waals surface area contributed by atoms with E-state index in [2.05, 4.69) is 18.1 Å². The average Bonchev–Trinajstić information content (AvgIpc) is 2.56. The van der Waals surface area contributed by atoms with E-state index in [-0.39, 0.29) is 12.8 Å². The molecule has 0 aromatic heterocycles. The molecule has 2 aliphatic heterocycles. The molecule has 0 atom stereocenters. The number of nitriles is 1. The van der Waals surface area contributed by atoms with Crippen LogP contribution in [0.3, 0.4) is 0 Å². The van der Waals surface area contributed by atoms with Gasteiger partial charge in [-0.1, -0.05) is 43.0 Å². The van der Waals surface area contributed by atoms with Crippen molar-refractivity contribution >= 4 is 6.71 Å². The van der Waals surface area contributed by atoms with Gasteiger partial charge in [0.1, 0.15) is 6.10 Å². The molecular formula is C16H20BNO3. The van der Waals surface area contributed by atoms with E-state index in [1.54, 1.807) is 0 Å². The molecule has 5 heteroatoms. The second kappa shape index (κ2) is 6.61. The van der Waals surface area contributed by atoms with Crippen LogP contribution in [0.4, 0.5) is 0 Å². The molecule has 3 rings (SSSR count). The Morgan fingerprint density at radius 2 is 1.86 bits per heavy atom. The fourth-order valence-electron chi connectivity index (χ4n) is 2.94. The minimum atomic E-state index is -0.458. The molecule has 1 aromatic carbocycles. The molecule has 4 nitrogen and oxygen atoms in total. The topological polar surface area (TPSA) is 51.5 Å². The van der Waals surface area contributed by atoms with Crippen molar-refractivity contribution in [3.05, 3.63) is 35.9 Å². The molecule has 0 aliphatic carbocycles. The first-order valence-corrected chi connectivity index (χ1v) is 7.63. The van der Waals surface area contributed by atoms with Crippen LogP contribution < -0.4 is 0 Å². The molecule has 2 aliphatic rings. The van der Waals surface area contributed by atoms with Crippen molar-refractivity contribution in [3.8, 4) is 5.97 Å². The third-order valence-corrected chi connectivity index (χ3v) is 4.32. The predicted molar refractivity (Wildman–Crippen MR) is 79.9 cm³/mol. The minimum Gasteiger partial charge on any atom is -0.369 e. The summed E-state index contributed by atoms with van der Waals surface area (Å²) < 4.78 is 17.7. The molecule has 110 valence electrons. The summed E-state index contributed by atoms with van der Waals surface area (Å²) >= 11 is 0. The maximum absolute atomic E-state index is 8.95. The van der Waals surface area contributed by atoms with Crippen molar-refractivity contribution in [2.75, 3.05) is 13.2 Å². The normalized spacial score (nSPS) is 22.1. The minimum absolute atomic E-state index is 0.00970. The van der Waals surface area contributed by atoms with Crippen LogP contribution in [0.5, 0.6) is 0 Å². The van der Waals surface area contributed by atoms with E-state index in [0.29, 0.717) is 19.8 Å². The summed E-state index contributed by atoms with van der Waals surface area (Å²) in [7, 11) is 0. The van der Waals surface area contributed by atoms with Crippen molar-refractivity contribution in [3.63, 3.8) is 0 Å². The van der Waals surface area contributed by atoms with Crippen LogP contribution in [0.25, 0.3) is 0 Å². The maximum atomic E-state index is 8.95. The van der Waals surface area contributed by atoms with Crippen molar-refractivity contribution in [2.45, 2.75) is 44.0 Å². The number of hydrogen-bond donors (Lipinski definition) is 0. The summed E-state index contributed by atoms with van der Waals surface area (Å²) in [4.78, 5) is 0. The van der Waals surface area contributed by atoms with Gasteiger partial charge in [0.15, 0.2) is 5.79 Å². The number of rotatable bonds is 3. The van der Waals surface area contributed by atoms with Crippen LogP contribution in [0.15, 0.2) is 30.3 Å². The second-order valence-corrected chi connectivity index (χ2v) is 5.85. The zero-order valence-electron chi connectivity index (χ0n) is 12.2. The Hall–Kier alpha value is -1.35. The molecule has 1 spiro atoms. The molecule has 0 unspecified atom stereocenters. The molecule has 2 fully saturated rings. The summed E-state index contributed by atoms with van der Waals surface area (Å²) in [6.07, 6.45) is 3.36. The molecule has 2 saturated heterocycles. The van der Waals surface area contributed by atoms with Gasteiger partial charge in [-0.2, -0.15) is 0 Å². The van der Waals surface area contributed by atoms with Gasteiger partial charge in [-0.05, 0) is 18.4 Å². The smallest absolute Gasteiger partial charge is 0.268 e. The van der Waals surface area contributed by atoms with Crippen molar-refractivity contribution in [2.24, 2.45) is 0 Å². The Bertz CT molecular complexity index is 484. The van der Waals surface area contributed by atoms with E-state index in [9.17, 15) is 0 Å². The van der Waals surface area contributed by atoms with E-state index in [1.165, 1.54) is 0 Å². The Balaban J connectivity index is 1.44. The van der Waals surface area contributed by atoms with E-state index in [4.69, 9.17) is 19.5 Å². The second-order valence-electron chi connectivity index (χ2n) is 5.85. The standard InChI is InChI=1S/C16H20BNO3/c18-13-17-8-6-16(7-9-17)20-11-15(12-21-16)19-10-14-4-2-1-3-5-14/h1-5,15H,6-12H2. The highest BCUT2D eigenvalue weighted by Gasteiger charge is 2.42. The van der Waals surface area contributed by atoms with Crippen LogP contribution in [0.2, 0.25) is 12.6 Å².